The summed E-state index contributed by atoms with van der Waals surface area (Å²) in [5, 5.41) is 2.76. The molecule has 15 heavy (non-hydrogen) atoms. The van der Waals surface area contributed by atoms with Crippen LogP contribution in [0.4, 0.5) is 0 Å². The summed E-state index contributed by atoms with van der Waals surface area (Å²) in [6.07, 6.45) is 5.02. The van der Waals surface area contributed by atoms with E-state index in [2.05, 4.69) is 11.2 Å². The zero-order valence-corrected chi connectivity index (χ0v) is 8.40. The predicted octanol–water partition coefficient (Wildman–Crippen LogP) is 0.953. The topological polar surface area (TPSA) is 38.3 Å². The van der Waals surface area contributed by atoms with E-state index in [1.165, 1.54) is 0 Å². The van der Waals surface area contributed by atoms with E-state index in [1.807, 2.05) is 30.3 Å². The van der Waals surface area contributed by atoms with Crippen LogP contribution in [0.15, 0.2) is 30.3 Å². The maximum Gasteiger partial charge on any atom is 0.320 e. The lowest BCUT2D eigenvalue weighted by molar-refractivity contribution is -0.143. The van der Waals surface area contributed by atoms with Gasteiger partial charge in [-0.15, -0.1) is 6.42 Å². The quantitative estimate of drug-likeness (QED) is 0.440. The number of nitrogens with one attached hydrogen (secondary N) is 1. The first-order valence-corrected chi connectivity index (χ1v) is 4.66. The maximum absolute atomic E-state index is 11.1. The fraction of sp³-hybridized carbons (Fsp3) is 0.250. The Kier molecular flexibility index (Phi) is 4.99. The van der Waals surface area contributed by atoms with Gasteiger partial charge in [-0.2, -0.15) is 0 Å². The molecule has 0 aliphatic heterocycles. The summed E-state index contributed by atoms with van der Waals surface area (Å²) in [5.74, 6) is 2.08. The van der Waals surface area contributed by atoms with E-state index in [4.69, 9.17) is 11.2 Å². The molecule has 0 spiro atoms. The fourth-order valence-corrected chi connectivity index (χ4v) is 1.03. The highest BCUT2D eigenvalue weighted by Gasteiger charge is 2.01. The second-order valence-corrected chi connectivity index (χ2v) is 2.95. The number of carbonyl (C=O) groups excluding carboxylic acids is 1. The van der Waals surface area contributed by atoms with Crippen LogP contribution in [-0.2, 0) is 16.1 Å². The van der Waals surface area contributed by atoms with Crippen LogP contribution < -0.4 is 5.32 Å². The normalized spacial score (nSPS) is 9.27. The van der Waals surface area contributed by atoms with E-state index in [0.29, 0.717) is 13.2 Å². The second kappa shape index (κ2) is 6.63. The van der Waals surface area contributed by atoms with Gasteiger partial charge < -0.3 is 4.74 Å². The minimum atomic E-state index is -0.297. The van der Waals surface area contributed by atoms with Gasteiger partial charge in [0.1, 0.15) is 6.61 Å². The van der Waals surface area contributed by atoms with Gasteiger partial charge in [-0.1, -0.05) is 36.3 Å². The van der Waals surface area contributed by atoms with E-state index < -0.39 is 0 Å². The molecule has 1 aromatic carbocycles. The Labute approximate surface area is 89.4 Å². The minimum absolute atomic E-state index is 0.150. The van der Waals surface area contributed by atoms with Gasteiger partial charge in [0.25, 0.3) is 0 Å². The SMILES string of the molecule is C#CCNCC(=O)OCc1ccccc1. The lowest BCUT2D eigenvalue weighted by atomic mass is 10.2. The molecule has 0 unspecified atom stereocenters. The number of hydrogen-bond acceptors (Lipinski definition) is 3. The summed E-state index contributed by atoms with van der Waals surface area (Å²) in [6, 6.07) is 9.53. The van der Waals surface area contributed by atoms with Crippen LogP contribution in [0.5, 0.6) is 0 Å². The molecule has 3 heteroatoms. The summed E-state index contributed by atoms with van der Waals surface area (Å²) in [5.41, 5.74) is 0.975. The Hall–Kier alpha value is -1.79. The van der Waals surface area contributed by atoms with Crippen LogP contribution in [0.1, 0.15) is 5.56 Å². The Morgan fingerprint density at radius 1 is 1.40 bits per heavy atom. The molecule has 0 fully saturated rings. The largest absolute Gasteiger partial charge is 0.460 e. The average Bonchev–Trinajstić information content (AvgIpc) is 2.28. The summed E-state index contributed by atoms with van der Waals surface area (Å²) < 4.78 is 5.00. The van der Waals surface area contributed by atoms with Crippen molar-refractivity contribution in [1.29, 1.82) is 0 Å². The Bertz CT molecular complexity index is 340. The molecule has 0 aliphatic carbocycles. The zero-order chi connectivity index (χ0) is 10.9. The first kappa shape index (κ1) is 11.3. The van der Waals surface area contributed by atoms with Crippen molar-refractivity contribution in [2.45, 2.75) is 6.61 Å². The third kappa shape index (κ3) is 4.84. The highest BCUT2D eigenvalue weighted by Crippen LogP contribution is 2.00. The summed E-state index contributed by atoms with van der Waals surface area (Å²) >= 11 is 0. The third-order valence-electron chi connectivity index (χ3n) is 1.74. The molecule has 0 saturated carbocycles. The van der Waals surface area contributed by atoms with Gasteiger partial charge in [-0.25, -0.2) is 0 Å². The van der Waals surface area contributed by atoms with Crippen molar-refractivity contribution in [3.8, 4) is 12.3 Å². The molecule has 1 aromatic rings. The highest BCUT2D eigenvalue weighted by molar-refractivity contribution is 5.71. The van der Waals surface area contributed by atoms with Crippen molar-refractivity contribution in [3.63, 3.8) is 0 Å². The number of ether oxygens (including phenoxy) is 1. The molecule has 1 rings (SSSR count). The van der Waals surface area contributed by atoms with Crippen molar-refractivity contribution in [1.82, 2.24) is 5.32 Å². The average molecular weight is 203 g/mol. The molecule has 0 amide bonds. The predicted molar refractivity (Wildman–Crippen MR) is 57.9 cm³/mol. The smallest absolute Gasteiger partial charge is 0.320 e. The third-order valence-corrected chi connectivity index (χ3v) is 1.74. The molecule has 0 heterocycles. The van der Waals surface area contributed by atoms with Gasteiger partial charge in [-0.05, 0) is 5.56 Å². The van der Waals surface area contributed by atoms with Crippen LogP contribution in [0.3, 0.4) is 0 Å². The van der Waals surface area contributed by atoms with Gasteiger partial charge in [0, 0.05) is 0 Å². The van der Waals surface area contributed by atoms with Crippen molar-refractivity contribution in [2.75, 3.05) is 13.1 Å². The molecule has 0 aliphatic rings. The molecule has 3 nitrogen and oxygen atoms in total. The van der Waals surface area contributed by atoms with Crippen LogP contribution in [-0.4, -0.2) is 19.1 Å². The monoisotopic (exact) mass is 203 g/mol. The van der Waals surface area contributed by atoms with Gasteiger partial charge >= 0.3 is 5.97 Å². The van der Waals surface area contributed by atoms with Crippen LogP contribution in [0, 0.1) is 12.3 Å². The van der Waals surface area contributed by atoms with Crippen molar-refractivity contribution in [2.24, 2.45) is 0 Å². The molecular weight excluding hydrogens is 190 g/mol. The summed E-state index contributed by atoms with van der Waals surface area (Å²) in [4.78, 5) is 11.1. The molecule has 1 N–H and O–H groups in total. The van der Waals surface area contributed by atoms with Gasteiger partial charge in [0.05, 0.1) is 13.1 Å². The fourth-order valence-electron chi connectivity index (χ4n) is 1.03. The van der Waals surface area contributed by atoms with Crippen molar-refractivity contribution >= 4 is 5.97 Å². The van der Waals surface area contributed by atoms with Crippen LogP contribution in [0.25, 0.3) is 0 Å². The van der Waals surface area contributed by atoms with Gasteiger partial charge in [-0.3, -0.25) is 10.1 Å². The lowest BCUT2D eigenvalue weighted by Gasteiger charge is -2.04. The molecule has 0 atom stereocenters. The molecule has 0 aromatic heterocycles. The molecule has 0 radical (unpaired) electrons. The first-order valence-electron chi connectivity index (χ1n) is 4.66. The Morgan fingerprint density at radius 2 is 2.13 bits per heavy atom. The second-order valence-electron chi connectivity index (χ2n) is 2.95. The highest BCUT2D eigenvalue weighted by atomic mass is 16.5. The zero-order valence-electron chi connectivity index (χ0n) is 8.40. The standard InChI is InChI=1S/C12H13NO2/c1-2-8-13-9-12(14)15-10-11-6-4-3-5-7-11/h1,3-7,13H,8-10H2. The van der Waals surface area contributed by atoms with Crippen LogP contribution in [0.2, 0.25) is 0 Å². The van der Waals surface area contributed by atoms with Crippen molar-refractivity contribution in [3.05, 3.63) is 35.9 Å². The van der Waals surface area contributed by atoms with E-state index >= 15 is 0 Å². The number of hydrogen-bond donors (Lipinski definition) is 1. The Morgan fingerprint density at radius 3 is 2.80 bits per heavy atom. The van der Waals surface area contributed by atoms with Gasteiger partial charge in [0.15, 0.2) is 0 Å². The van der Waals surface area contributed by atoms with E-state index in [9.17, 15) is 4.79 Å². The Balaban J connectivity index is 2.20. The number of carbonyl (C=O) groups is 1. The molecule has 0 saturated heterocycles. The van der Waals surface area contributed by atoms with Gasteiger partial charge in [0.2, 0.25) is 0 Å². The molecule has 0 bridgehead atoms. The van der Waals surface area contributed by atoms with Crippen molar-refractivity contribution < 1.29 is 9.53 Å². The molecular formula is C12H13NO2. The summed E-state index contributed by atoms with van der Waals surface area (Å²) in [6.45, 7) is 0.828. The number of esters is 1. The van der Waals surface area contributed by atoms with E-state index in [1.54, 1.807) is 0 Å². The number of terminal acetylenes is 1. The minimum Gasteiger partial charge on any atom is -0.460 e. The van der Waals surface area contributed by atoms with E-state index in [0.717, 1.165) is 5.56 Å². The first-order chi connectivity index (χ1) is 7.33. The molecule has 78 valence electrons. The number of benzene rings is 1. The summed E-state index contributed by atoms with van der Waals surface area (Å²) in [7, 11) is 0. The number of rotatable bonds is 5. The lowest BCUT2D eigenvalue weighted by Crippen LogP contribution is -2.24. The maximum atomic E-state index is 11.1. The van der Waals surface area contributed by atoms with E-state index in [-0.39, 0.29) is 12.5 Å². The van der Waals surface area contributed by atoms with Crippen LogP contribution >= 0.6 is 0 Å².